The standard InChI is InChI=1S/C16H12O5/c1-20-11-4-2-9(3-5-11)14-8-13(19)16-12(18)6-10(17)7-15(16)21-14/h2-8,17-18H,1H3/p-1. The van der Waals surface area contributed by atoms with Crippen LogP contribution in [-0.4, -0.2) is 12.2 Å². The fourth-order valence-corrected chi connectivity index (χ4v) is 2.14. The van der Waals surface area contributed by atoms with Crippen LogP contribution in [0.1, 0.15) is 0 Å². The Morgan fingerprint density at radius 3 is 2.52 bits per heavy atom. The van der Waals surface area contributed by atoms with Gasteiger partial charge in [0.2, 0.25) is 0 Å². The predicted molar refractivity (Wildman–Crippen MR) is 75.6 cm³/mol. The van der Waals surface area contributed by atoms with Crippen LogP contribution >= 0.6 is 0 Å². The molecule has 0 radical (unpaired) electrons. The lowest BCUT2D eigenvalue weighted by molar-refractivity contribution is -0.266. The molecule has 0 aliphatic rings. The van der Waals surface area contributed by atoms with Gasteiger partial charge in [-0.3, -0.25) is 4.79 Å². The van der Waals surface area contributed by atoms with Gasteiger partial charge in [-0.2, -0.15) is 0 Å². The van der Waals surface area contributed by atoms with E-state index in [1.54, 1.807) is 31.4 Å². The molecule has 0 saturated heterocycles. The lowest BCUT2D eigenvalue weighted by Crippen LogP contribution is -2.04. The highest BCUT2D eigenvalue weighted by Crippen LogP contribution is 2.29. The van der Waals surface area contributed by atoms with Crippen molar-refractivity contribution in [2.45, 2.75) is 0 Å². The normalized spacial score (nSPS) is 10.7. The van der Waals surface area contributed by atoms with E-state index in [9.17, 15) is 15.0 Å². The van der Waals surface area contributed by atoms with Crippen LogP contribution in [0.3, 0.4) is 0 Å². The molecule has 5 heteroatoms. The first-order valence-electron chi connectivity index (χ1n) is 6.21. The molecular weight excluding hydrogens is 272 g/mol. The second-order valence-corrected chi connectivity index (χ2v) is 4.52. The van der Waals surface area contributed by atoms with E-state index in [1.807, 2.05) is 0 Å². The number of fused-ring (bicyclic) bond motifs is 1. The summed E-state index contributed by atoms with van der Waals surface area (Å²) in [5, 5.41) is 21.1. The maximum Gasteiger partial charge on any atom is 0.192 e. The van der Waals surface area contributed by atoms with E-state index in [1.165, 1.54) is 12.1 Å². The number of aromatic hydroxyl groups is 1. The summed E-state index contributed by atoms with van der Waals surface area (Å²) in [7, 11) is 1.56. The average molecular weight is 283 g/mol. The van der Waals surface area contributed by atoms with E-state index in [4.69, 9.17) is 9.15 Å². The molecule has 0 atom stereocenters. The zero-order chi connectivity index (χ0) is 15.0. The second-order valence-electron chi connectivity index (χ2n) is 4.52. The van der Waals surface area contributed by atoms with Crippen LogP contribution in [-0.2, 0) is 0 Å². The first-order chi connectivity index (χ1) is 10.1. The number of hydrogen-bond donors (Lipinski definition) is 1. The maximum atomic E-state index is 12.1. The third-order valence-electron chi connectivity index (χ3n) is 3.15. The third kappa shape index (κ3) is 2.29. The quantitative estimate of drug-likeness (QED) is 0.780. The van der Waals surface area contributed by atoms with E-state index in [0.717, 1.165) is 6.07 Å². The topological polar surface area (TPSA) is 82.7 Å². The number of benzene rings is 2. The molecule has 1 aromatic heterocycles. The Morgan fingerprint density at radius 1 is 1.14 bits per heavy atom. The number of hydrogen-bond acceptors (Lipinski definition) is 5. The summed E-state index contributed by atoms with van der Waals surface area (Å²) >= 11 is 0. The zero-order valence-electron chi connectivity index (χ0n) is 11.1. The van der Waals surface area contributed by atoms with Crippen molar-refractivity contribution in [2.75, 3.05) is 7.11 Å². The lowest BCUT2D eigenvalue weighted by atomic mass is 10.1. The molecule has 106 valence electrons. The van der Waals surface area contributed by atoms with Gasteiger partial charge in [0.1, 0.15) is 22.8 Å². The highest BCUT2D eigenvalue weighted by molar-refractivity contribution is 5.85. The van der Waals surface area contributed by atoms with E-state index in [0.29, 0.717) is 17.1 Å². The number of methoxy groups -OCH3 is 1. The van der Waals surface area contributed by atoms with Crippen LogP contribution in [0.25, 0.3) is 22.3 Å². The van der Waals surface area contributed by atoms with Crippen molar-refractivity contribution < 1.29 is 19.4 Å². The van der Waals surface area contributed by atoms with Gasteiger partial charge < -0.3 is 19.4 Å². The molecular formula is C16H11O5-. The molecule has 0 unspecified atom stereocenters. The Bertz CT molecular complexity index is 862. The minimum atomic E-state index is -0.556. The summed E-state index contributed by atoms with van der Waals surface area (Å²) < 4.78 is 10.6. The molecule has 0 aliphatic heterocycles. The molecule has 0 spiro atoms. The Balaban J connectivity index is 2.22. The maximum absolute atomic E-state index is 12.1. The van der Waals surface area contributed by atoms with Crippen molar-refractivity contribution in [1.29, 1.82) is 0 Å². The predicted octanol–water partition coefficient (Wildman–Crippen LogP) is 2.25. The Morgan fingerprint density at radius 2 is 1.86 bits per heavy atom. The first kappa shape index (κ1) is 13.1. The fraction of sp³-hybridized carbons (Fsp3) is 0.0625. The molecule has 5 nitrogen and oxygen atoms in total. The van der Waals surface area contributed by atoms with Gasteiger partial charge in [-0.15, -0.1) is 0 Å². The molecule has 0 fully saturated rings. The van der Waals surface area contributed by atoms with Crippen LogP contribution in [0.4, 0.5) is 0 Å². The summed E-state index contributed by atoms with van der Waals surface area (Å²) in [6.45, 7) is 0. The van der Waals surface area contributed by atoms with Crippen LogP contribution in [0.5, 0.6) is 17.2 Å². The number of rotatable bonds is 2. The molecule has 0 saturated carbocycles. The molecule has 0 amide bonds. The van der Waals surface area contributed by atoms with Crippen molar-refractivity contribution in [1.82, 2.24) is 0 Å². The molecule has 2 aromatic carbocycles. The van der Waals surface area contributed by atoms with Crippen LogP contribution in [0.15, 0.2) is 51.7 Å². The van der Waals surface area contributed by atoms with Gasteiger partial charge in [0.25, 0.3) is 0 Å². The van der Waals surface area contributed by atoms with Gasteiger partial charge in [-0.05, 0) is 30.3 Å². The molecule has 1 N–H and O–H groups in total. The summed E-state index contributed by atoms with van der Waals surface area (Å²) in [5.74, 6) is 0.212. The molecule has 0 bridgehead atoms. The van der Waals surface area contributed by atoms with Crippen molar-refractivity contribution in [2.24, 2.45) is 0 Å². The van der Waals surface area contributed by atoms with Crippen molar-refractivity contribution in [3.8, 4) is 28.6 Å². The third-order valence-corrected chi connectivity index (χ3v) is 3.15. The molecule has 3 aromatic rings. The SMILES string of the molecule is COc1ccc(-c2cc(=O)c3c([O-])cc(O)cc3o2)cc1. The zero-order valence-corrected chi connectivity index (χ0v) is 11.1. The number of phenols is 1. The molecule has 21 heavy (non-hydrogen) atoms. The molecule has 0 aliphatic carbocycles. The van der Waals surface area contributed by atoms with Crippen LogP contribution in [0.2, 0.25) is 0 Å². The highest BCUT2D eigenvalue weighted by Gasteiger charge is 2.09. The highest BCUT2D eigenvalue weighted by atomic mass is 16.5. The van der Waals surface area contributed by atoms with Crippen LogP contribution < -0.4 is 15.3 Å². The van der Waals surface area contributed by atoms with Gasteiger partial charge in [-0.25, -0.2) is 0 Å². The summed E-state index contributed by atoms with van der Waals surface area (Å²) in [5.41, 5.74) is 0.302. The van der Waals surface area contributed by atoms with Gasteiger partial charge in [0.05, 0.1) is 12.5 Å². The molecule has 1 heterocycles. The Hall–Kier alpha value is -2.95. The monoisotopic (exact) mass is 283 g/mol. The number of phenolic OH excluding ortho intramolecular Hbond substituents is 1. The van der Waals surface area contributed by atoms with Crippen molar-refractivity contribution in [3.05, 3.63) is 52.7 Å². The minimum absolute atomic E-state index is 0.0648. The van der Waals surface area contributed by atoms with Gasteiger partial charge in [0.15, 0.2) is 5.43 Å². The lowest BCUT2D eigenvalue weighted by Gasteiger charge is -2.11. The molecule has 3 rings (SSSR count). The Kier molecular flexibility index (Phi) is 3.02. The second kappa shape index (κ2) is 4.86. The minimum Gasteiger partial charge on any atom is -0.872 e. The fourth-order valence-electron chi connectivity index (χ4n) is 2.14. The van der Waals surface area contributed by atoms with Crippen LogP contribution in [0, 0.1) is 0 Å². The largest absolute Gasteiger partial charge is 0.872 e. The van der Waals surface area contributed by atoms with Gasteiger partial charge in [0, 0.05) is 17.7 Å². The van der Waals surface area contributed by atoms with Crippen molar-refractivity contribution >= 4 is 11.0 Å². The average Bonchev–Trinajstić information content (AvgIpc) is 2.46. The Labute approximate surface area is 119 Å². The van der Waals surface area contributed by atoms with E-state index in [2.05, 4.69) is 0 Å². The van der Waals surface area contributed by atoms with E-state index < -0.39 is 11.2 Å². The van der Waals surface area contributed by atoms with Gasteiger partial charge in [-0.1, -0.05) is 5.75 Å². The summed E-state index contributed by atoms with van der Waals surface area (Å²) in [6, 6.07) is 10.5. The van der Waals surface area contributed by atoms with Crippen molar-refractivity contribution in [3.63, 3.8) is 0 Å². The van der Waals surface area contributed by atoms with Gasteiger partial charge >= 0.3 is 0 Å². The number of ether oxygens (including phenoxy) is 1. The summed E-state index contributed by atoms with van der Waals surface area (Å²) in [6.07, 6.45) is 0. The first-order valence-corrected chi connectivity index (χ1v) is 6.21. The smallest absolute Gasteiger partial charge is 0.192 e. The summed E-state index contributed by atoms with van der Waals surface area (Å²) in [4.78, 5) is 12.1. The van der Waals surface area contributed by atoms with E-state index >= 15 is 0 Å². The van der Waals surface area contributed by atoms with E-state index in [-0.39, 0.29) is 16.7 Å².